The lowest BCUT2D eigenvalue weighted by molar-refractivity contribution is 0.102. The second-order valence-electron chi connectivity index (χ2n) is 3.30. The summed E-state index contributed by atoms with van der Waals surface area (Å²) < 4.78 is 9.70. The van der Waals surface area contributed by atoms with E-state index in [2.05, 4.69) is 15.0 Å². The van der Waals surface area contributed by atoms with E-state index in [1.165, 1.54) is 19.6 Å². The molecule has 0 saturated heterocycles. The van der Waals surface area contributed by atoms with Gasteiger partial charge in [-0.1, -0.05) is 11.2 Å². The van der Waals surface area contributed by atoms with Crippen LogP contribution in [0.5, 0.6) is 5.75 Å². The molecule has 1 aromatic carbocycles. The molecule has 0 fully saturated rings. The van der Waals surface area contributed by atoms with Crippen LogP contribution in [0.2, 0.25) is 0 Å². The molecule has 2 aromatic rings. The van der Waals surface area contributed by atoms with Gasteiger partial charge in [-0.25, -0.2) is 0 Å². The minimum atomic E-state index is -0.336. The molecule has 1 aromatic heterocycles. The summed E-state index contributed by atoms with van der Waals surface area (Å²) in [5, 5.41) is 6.09. The van der Waals surface area contributed by atoms with E-state index in [9.17, 15) is 4.79 Å². The first-order valence-corrected chi connectivity index (χ1v) is 4.85. The third kappa shape index (κ3) is 2.20. The van der Waals surface area contributed by atoms with E-state index in [-0.39, 0.29) is 5.91 Å². The van der Waals surface area contributed by atoms with E-state index < -0.39 is 0 Å². The molecular formula is C11H11N3O3. The van der Waals surface area contributed by atoms with Crippen LogP contribution in [0.4, 0.5) is 11.4 Å². The van der Waals surface area contributed by atoms with Crippen LogP contribution in [-0.2, 0) is 0 Å². The first-order valence-electron chi connectivity index (χ1n) is 4.85. The number of methoxy groups -OCH3 is 1. The number of hydrogen-bond acceptors (Lipinski definition) is 5. The quantitative estimate of drug-likeness (QED) is 0.784. The van der Waals surface area contributed by atoms with Gasteiger partial charge in [0, 0.05) is 0 Å². The lowest BCUT2D eigenvalue weighted by Crippen LogP contribution is -2.13. The number of rotatable bonds is 3. The number of benzene rings is 1. The molecule has 1 amide bonds. The number of para-hydroxylation sites is 1. The molecule has 1 heterocycles. The van der Waals surface area contributed by atoms with Crippen LogP contribution in [0.25, 0.3) is 0 Å². The number of amides is 1. The molecule has 3 N–H and O–H groups in total. The zero-order chi connectivity index (χ0) is 12.3. The van der Waals surface area contributed by atoms with E-state index in [0.717, 1.165) is 0 Å². The number of anilines is 2. The zero-order valence-corrected chi connectivity index (χ0v) is 9.14. The van der Waals surface area contributed by atoms with Gasteiger partial charge in [-0.15, -0.1) is 0 Å². The Labute approximate surface area is 97.3 Å². The summed E-state index contributed by atoms with van der Waals surface area (Å²) in [7, 11) is 1.46. The van der Waals surface area contributed by atoms with Gasteiger partial charge in [0.1, 0.15) is 12.0 Å². The van der Waals surface area contributed by atoms with Gasteiger partial charge < -0.3 is 20.3 Å². The normalized spacial score (nSPS) is 9.94. The van der Waals surface area contributed by atoms with Crippen LogP contribution in [0, 0.1) is 0 Å². The van der Waals surface area contributed by atoms with E-state index in [0.29, 0.717) is 22.7 Å². The lowest BCUT2D eigenvalue weighted by atomic mass is 10.1. The number of carbonyl (C=O) groups excluding carboxylic acids is 1. The molecule has 0 aliphatic heterocycles. The molecule has 0 unspecified atom stereocenters. The Balaban J connectivity index is 2.28. The largest absolute Gasteiger partial charge is 0.494 e. The van der Waals surface area contributed by atoms with Gasteiger partial charge in [0.05, 0.1) is 24.6 Å². The van der Waals surface area contributed by atoms with Crippen LogP contribution in [0.1, 0.15) is 10.4 Å². The monoisotopic (exact) mass is 233 g/mol. The number of nitrogens with zero attached hydrogens (tertiary/aromatic N) is 1. The average Bonchev–Trinajstić information content (AvgIpc) is 2.81. The van der Waals surface area contributed by atoms with Crippen molar-refractivity contribution < 1.29 is 14.1 Å². The first-order chi connectivity index (χ1) is 8.22. The van der Waals surface area contributed by atoms with Gasteiger partial charge in [0.15, 0.2) is 5.75 Å². The minimum absolute atomic E-state index is 0.336. The molecule has 88 valence electrons. The van der Waals surface area contributed by atoms with Crippen LogP contribution in [0.3, 0.4) is 0 Å². The van der Waals surface area contributed by atoms with Gasteiger partial charge in [-0.3, -0.25) is 4.79 Å². The fraction of sp³-hybridized carbons (Fsp3) is 0.0909. The van der Waals surface area contributed by atoms with Gasteiger partial charge in [0.25, 0.3) is 5.91 Å². The van der Waals surface area contributed by atoms with Crippen molar-refractivity contribution in [2.24, 2.45) is 0 Å². The van der Waals surface area contributed by atoms with Crippen LogP contribution >= 0.6 is 0 Å². The Morgan fingerprint density at radius 3 is 3.00 bits per heavy atom. The number of nitrogen functional groups attached to an aromatic ring is 1. The van der Waals surface area contributed by atoms with Crippen molar-refractivity contribution in [1.82, 2.24) is 5.16 Å². The SMILES string of the molecule is COc1c(N)cccc1C(=O)Nc1cnoc1. The molecule has 0 aliphatic rings. The van der Waals surface area contributed by atoms with Crippen LogP contribution < -0.4 is 15.8 Å². The third-order valence-corrected chi connectivity index (χ3v) is 2.18. The summed E-state index contributed by atoms with van der Waals surface area (Å²) in [5.74, 6) is 0.0128. The van der Waals surface area contributed by atoms with Crippen molar-refractivity contribution in [2.45, 2.75) is 0 Å². The topological polar surface area (TPSA) is 90.4 Å². The molecule has 0 bridgehead atoms. The second kappa shape index (κ2) is 4.56. The summed E-state index contributed by atoms with van der Waals surface area (Å²) in [4.78, 5) is 11.9. The summed E-state index contributed by atoms with van der Waals surface area (Å²) >= 11 is 0. The number of ether oxygens (including phenoxy) is 1. The molecule has 0 radical (unpaired) electrons. The zero-order valence-electron chi connectivity index (χ0n) is 9.14. The molecule has 0 atom stereocenters. The summed E-state index contributed by atoms with van der Waals surface area (Å²) in [6, 6.07) is 4.97. The Morgan fingerprint density at radius 2 is 2.35 bits per heavy atom. The molecule has 17 heavy (non-hydrogen) atoms. The predicted octanol–water partition coefficient (Wildman–Crippen LogP) is 1.52. The Kier molecular flexibility index (Phi) is 2.95. The van der Waals surface area contributed by atoms with E-state index in [4.69, 9.17) is 10.5 Å². The highest BCUT2D eigenvalue weighted by molar-refractivity contribution is 6.07. The smallest absolute Gasteiger partial charge is 0.259 e. The Morgan fingerprint density at radius 1 is 1.53 bits per heavy atom. The van der Waals surface area contributed by atoms with Gasteiger partial charge >= 0.3 is 0 Å². The minimum Gasteiger partial charge on any atom is -0.494 e. The van der Waals surface area contributed by atoms with Crippen LogP contribution in [-0.4, -0.2) is 18.2 Å². The molecule has 6 heteroatoms. The standard InChI is InChI=1S/C11H11N3O3/c1-16-10-8(3-2-4-9(10)12)11(15)14-7-5-13-17-6-7/h2-6H,12H2,1H3,(H,14,15). The fourth-order valence-corrected chi connectivity index (χ4v) is 1.43. The lowest BCUT2D eigenvalue weighted by Gasteiger charge is -2.09. The van der Waals surface area contributed by atoms with E-state index >= 15 is 0 Å². The summed E-state index contributed by atoms with van der Waals surface area (Å²) in [5.41, 5.74) is 6.94. The number of nitrogens with one attached hydrogen (secondary N) is 1. The van der Waals surface area contributed by atoms with Crippen molar-refractivity contribution in [2.75, 3.05) is 18.2 Å². The predicted molar refractivity (Wildman–Crippen MR) is 61.9 cm³/mol. The van der Waals surface area contributed by atoms with Crippen molar-refractivity contribution in [3.8, 4) is 5.75 Å². The summed E-state index contributed by atoms with van der Waals surface area (Å²) in [6.45, 7) is 0. The molecule has 0 spiro atoms. The van der Waals surface area contributed by atoms with Gasteiger partial charge in [-0.05, 0) is 12.1 Å². The van der Waals surface area contributed by atoms with Crippen molar-refractivity contribution in [3.05, 3.63) is 36.2 Å². The molecule has 0 saturated carbocycles. The van der Waals surface area contributed by atoms with Crippen molar-refractivity contribution in [3.63, 3.8) is 0 Å². The fourth-order valence-electron chi connectivity index (χ4n) is 1.43. The maximum atomic E-state index is 11.9. The third-order valence-electron chi connectivity index (χ3n) is 2.18. The Bertz CT molecular complexity index is 523. The Hall–Kier alpha value is -2.50. The molecule has 6 nitrogen and oxygen atoms in total. The van der Waals surface area contributed by atoms with Gasteiger partial charge in [-0.2, -0.15) is 0 Å². The second-order valence-corrected chi connectivity index (χ2v) is 3.30. The average molecular weight is 233 g/mol. The number of carbonyl (C=O) groups is 1. The number of aromatic nitrogens is 1. The highest BCUT2D eigenvalue weighted by Crippen LogP contribution is 2.26. The maximum absolute atomic E-state index is 11.9. The molecular weight excluding hydrogens is 222 g/mol. The van der Waals surface area contributed by atoms with Gasteiger partial charge in [0.2, 0.25) is 0 Å². The highest BCUT2D eigenvalue weighted by atomic mass is 16.5. The molecule has 2 rings (SSSR count). The van der Waals surface area contributed by atoms with Crippen molar-refractivity contribution >= 4 is 17.3 Å². The number of hydrogen-bond donors (Lipinski definition) is 2. The van der Waals surface area contributed by atoms with E-state index in [1.807, 2.05) is 0 Å². The first kappa shape index (κ1) is 11.0. The number of nitrogens with two attached hydrogens (primary N) is 1. The highest BCUT2D eigenvalue weighted by Gasteiger charge is 2.14. The summed E-state index contributed by atoms with van der Waals surface area (Å²) in [6.07, 6.45) is 2.73. The van der Waals surface area contributed by atoms with Crippen LogP contribution in [0.15, 0.2) is 35.2 Å². The van der Waals surface area contributed by atoms with E-state index in [1.54, 1.807) is 18.2 Å². The molecule has 0 aliphatic carbocycles. The van der Waals surface area contributed by atoms with Crippen molar-refractivity contribution in [1.29, 1.82) is 0 Å². The maximum Gasteiger partial charge on any atom is 0.259 e.